The van der Waals surface area contributed by atoms with Crippen LogP contribution in [0.5, 0.6) is 0 Å². The molecular weight excluding hydrogens is 373 g/mol. The molecule has 2 aromatic rings. The number of para-hydroxylation sites is 1. The molecule has 1 aliphatic heterocycles. The van der Waals surface area contributed by atoms with E-state index in [1.54, 1.807) is 24.3 Å². The highest BCUT2D eigenvalue weighted by Crippen LogP contribution is 2.34. The van der Waals surface area contributed by atoms with Gasteiger partial charge in [0.1, 0.15) is 0 Å². The molecule has 0 atom stereocenters. The number of nitrogens with zero attached hydrogens (tertiary/aromatic N) is 2. The SMILES string of the molecule is O=C(O/N=C1/C(=O)N(Cc2cccc(C(F)(F)F)c2)c2ccccc21)C1CC1. The van der Waals surface area contributed by atoms with Crippen LogP contribution in [0, 0.1) is 5.92 Å². The zero-order chi connectivity index (χ0) is 19.9. The minimum Gasteiger partial charge on any atom is -0.317 e. The van der Waals surface area contributed by atoms with Crippen molar-refractivity contribution in [1.29, 1.82) is 0 Å². The quantitative estimate of drug-likeness (QED) is 0.590. The fourth-order valence-electron chi connectivity index (χ4n) is 3.02. The lowest BCUT2D eigenvalue weighted by Gasteiger charge is -2.17. The number of carbonyl (C=O) groups is 2. The van der Waals surface area contributed by atoms with Crippen molar-refractivity contribution in [3.05, 3.63) is 65.2 Å². The van der Waals surface area contributed by atoms with Gasteiger partial charge in [-0.1, -0.05) is 35.5 Å². The van der Waals surface area contributed by atoms with Gasteiger partial charge in [0, 0.05) is 5.56 Å². The van der Waals surface area contributed by atoms with E-state index < -0.39 is 23.6 Å². The number of hydrogen-bond donors (Lipinski definition) is 0. The number of oxime groups is 1. The Bertz CT molecular complexity index is 981. The topological polar surface area (TPSA) is 59.0 Å². The lowest BCUT2D eigenvalue weighted by Crippen LogP contribution is -2.30. The maximum Gasteiger partial charge on any atom is 0.416 e. The molecule has 5 nitrogen and oxygen atoms in total. The van der Waals surface area contributed by atoms with E-state index >= 15 is 0 Å². The molecule has 0 radical (unpaired) electrons. The maximum atomic E-state index is 13.0. The summed E-state index contributed by atoms with van der Waals surface area (Å²) in [7, 11) is 0. The molecule has 144 valence electrons. The molecule has 8 heteroatoms. The van der Waals surface area contributed by atoms with Gasteiger partial charge in [-0.15, -0.1) is 0 Å². The van der Waals surface area contributed by atoms with Gasteiger partial charge in [0.25, 0.3) is 5.91 Å². The second kappa shape index (κ2) is 6.78. The highest BCUT2D eigenvalue weighted by atomic mass is 19.4. The van der Waals surface area contributed by atoms with Crippen LogP contribution in [0.1, 0.15) is 29.5 Å². The molecule has 0 spiro atoms. The Kier molecular flexibility index (Phi) is 4.41. The first-order valence-corrected chi connectivity index (χ1v) is 8.71. The van der Waals surface area contributed by atoms with E-state index in [1.165, 1.54) is 17.0 Å². The highest BCUT2D eigenvalue weighted by Gasteiger charge is 2.37. The Balaban J connectivity index is 1.62. The molecule has 2 aromatic carbocycles. The van der Waals surface area contributed by atoms with Gasteiger partial charge in [0.05, 0.1) is 23.7 Å². The van der Waals surface area contributed by atoms with Crippen molar-refractivity contribution in [3.63, 3.8) is 0 Å². The van der Waals surface area contributed by atoms with Crippen LogP contribution < -0.4 is 4.90 Å². The van der Waals surface area contributed by atoms with Gasteiger partial charge in [-0.3, -0.25) is 4.79 Å². The minimum atomic E-state index is -4.47. The van der Waals surface area contributed by atoms with Crippen molar-refractivity contribution in [2.45, 2.75) is 25.6 Å². The van der Waals surface area contributed by atoms with E-state index in [0.717, 1.165) is 25.0 Å². The number of rotatable bonds is 4. The summed E-state index contributed by atoms with van der Waals surface area (Å²) in [5.41, 5.74) is 0.497. The Morgan fingerprint density at radius 3 is 2.61 bits per heavy atom. The van der Waals surface area contributed by atoms with Crippen LogP contribution in [0.15, 0.2) is 53.7 Å². The van der Waals surface area contributed by atoms with Crippen molar-refractivity contribution in [1.82, 2.24) is 0 Å². The van der Waals surface area contributed by atoms with Gasteiger partial charge in [0.2, 0.25) is 0 Å². The van der Waals surface area contributed by atoms with Crippen LogP contribution in [0.2, 0.25) is 0 Å². The molecule has 1 saturated carbocycles. The summed E-state index contributed by atoms with van der Waals surface area (Å²) in [5.74, 6) is -1.17. The molecule has 1 aliphatic carbocycles. The van der Waals surface area contributed by atoms with Gasteiger partial charge >= 0.3 is 12.1 Å². The van der Waals surface area contributed by atoms with E-state index in [0.29, 0.717) is 16.8 Å². The lowest BCUT2D eigenvalue weighted by atomic mass is 10.1. The molecule has 0 saturated heterocycles. The summed E-state index contributed by atoms with van der Waals surface area (Å²) < 4.78 is 38.9. The predicted molar refractivity (Wildman–Crippen MR) is 94.4 cm³/mol. The van der Waals surface area contributed by atoms with E-state index in [1.807, 2.05) is 0 Å². The molecule has 4 rings (SSSR count). The molecular formula is C20H15F3N2O3. The maximum absolute atomic E-state index is 13.0. The minimum absolute atomic E-state index is 0.0309. The average molecular weight is 388 g/mol. The molecule has 0 aromatic heterocycles. The van der Waals surface area contributed by atoms with Gasteiger partial charge in [-0.25, -0.2) is 4.79 Å². The fraction of sp³-hybridized carbons (Fsp3) is 0.250. The van der Waals surface area contributed by atoms with Crippen LogP contribution >= 0.6 is 0 Å². The number of fused-ring (bicyclic) bond motifs is 1. The lowest BCUT2D eigenvalue weighted by molar-refractivity contribution is -0.145. The van der Waals surface area contributed by atoms with Gasteiger partial charge in [-0.2, -0.15) is 13.2 Å². The van der Waals surface area contributed by atoms with Crippen LogP contribution in [0.3, 0.4) is 0 Å². The first-order chi connectivity index (χ1) is 13.3. The number of anilines is 1. The van der Waals surface area contributed by atoms with Gasteiger partial charge in [0.15, 0.2) is 5.71 Å². The van der Waals surface area contributed by atoms with E-state index in [9.17, 15) is 22.8 Å². The zero-order valence-electron chi connectivity index (χ0n) is 14.6. The third-order valence-corrected chi connectivity index (χ3v) is 4.63. The van der Waals surface area contributed by atoms with Crippen molar-refractivity contribution >= 4 is 23.3 Å². The molecule has 28 heavy (non-hydrogen) atoms. The third-order valence-electron chi connectivity index (χ3n) is 4.63. The average Bonchev–Trinajstić information content (AvgIpc) is 3.48. The van der Waals surface area contributed by atoms with Crippen molar-refractivity contribution in [2.24, 2.45) is 11.1 Å². The number of alkyl halides is 3. The van der Waals surface area contributed by atoms with Crippen molar-refractivity contribution in [3.8, 4) is 0 Å². The van der Waals surface area contributed by atoms with Gasteiger partial charge < -0.3 is 9.74 Å². The standard InChI is InChI=1S/C20H15F3N2O3/c21-20(22,23)14-5-3-4-12(10-14)11-25-16-7-2-1-6-15(16)17(18(25)26)24-28-19(27)13-8-9-13/h1-7,10,13H,8-9,11H2/b24-17+. The van der Waals surface area contributed by atoms with Crippen molar-refractivity contribution < 1.29 is 27.6 Å². The summed E-state index contributed by atoms with van der Waals surface area (Å²) in [6.45, 7) is -0.0602. The first kappa shape index (κ1) is 18.2. The van der Waals surface area contributed by atoms with Crippen LogP contribution in [0.4, 0.5) is 18.9 Å². The second-order valence-electron chi connectivity index (χ2n) is 6.73. The molecule has 0 unspecified atom stereocenters. The highest BCUT2D eigenvalue weighted by molar-refractivity contribution is 6.54. The van der Waals surface area contributed by atoms with Crippen LogP contribution in [-0.4, -0.2) is 17.6 Å². The molecule has 2 aliphatic rings. The largest absolute Gasteiger partial charge is 0.416 e. The molecule has 1 heterocycles. The summed E-state index contributed by atoms with van der Waals surface area (Å²) in [4.78, 5) is 30.8. The Morgan fingerprint density at radius 1 is 1.14 bits per heavy atom. The fourth-order valence-corrected chi connectivity index (χ4v) is 3.02. The molecule has 1 fully saturated rings. The number of benzene rings is 2. The number of amides is 1. The Hall–Kier alpha value is -3.16. The third kappa shape index (κ3) is 3.49. The van der Waals surface area contributed by atoms with Crippen LogP contribution in [-0.2, 0) is 27.1 Å². The summed E-state index contributed by atoms with van der Waals surface area (Å²) in [6.07, 6.45) is -2.97. The van der Waals surface area contributed by atoms with Crippen molar-refractivity contribution in [2.75, 3.05) is 4.90 Å². The van der Waals surface area contributed by atoms with E-state index in [2.05, 4.69) is 5.16 Å². The van der Waals surface area contributed by atoms with E-state index in [4.69, 9.17) is 4.84 Å². The molecule has 0 bridgehead atoms. The van der Waals surface area contributed by atoms with Crippen LogP contribution in [0.25, 0.3) is 0 Å². The smallest absolute Gasteiger partial charge is 0.317 e. The summed E-state index contributed by atoms with van der Waals surface area (Å²) >= 11 is 0. The number of hydrogen-bond acceptors (Lipinski definition) is 4. The van der Waals surface area contributed by atoms with E-state index in [-0.39, 0.29) is 18.2 Å². The zero-order valence-corrected chi connectivity index (χ0v) is 14.6. The predicted octanol–water partition coefficient (Wildman–Crippen LogP) is 3.91. The molecule has 1 amide bonds. The Morgan fingerprint density at radius 2 is 1.89 bits per heavy atom. The first-order valence-electron chi connectivity index (χ1n) is 8.71. The van der Waals surface area contributed by atoms with Gasteiger partial charge in [-0.05, 0) is 36.6 Å². The Labute approximate surface area is 158 Å². The normalized spacial score (nSPS) is 17.8. The summed E-state index contributed by atoms with van der Waals surface area (Å²) in [5, 5.41) is 3.75. The molecule has 0 N–H and O–H groups in total. The second-order valence-corrected chi connectivity index (χ2v) is 6.73. The monoisotopic (exact) mass is 388 g/mol. The summed E-state index contributed by atoms with van der Waals surface area (Å²) in [6, 6.07) is 11.6. The number of halogens is 3. The number of carbonyl (C=O) groups excluding carboxylic acids is 2.